The van der Waals surface area contributed by atoms with Crippen LogP contribution >= 0.6 is 0 Å². The lowest BCUT2D eigenvalue weighted by Gasteiger charge is -2.37. The Bertz CT molecular complexity index is 638. The minimum Gasteiger partial charge on any atom is -0.381 e. The third-order valence-corrected chi connectivity index (χ3v) is 5.93. The summed E-state index contributed by atoms with van der Waals surface area (Å²) in [5.41, 5.74) is 0.621. The maximum absolute atomic E-state index is 12.7. The molecule has 3 rings (SSSR count). The molecule has 0 saturated carbocycles. The van der Waals surface area contributed by atoms with Gasteiger partial charge >= 0.3 is 0 Å². The van der Waals surface area contributed by atoms with Crippen molar-refractivity contribution < 1.29 is 14.3 Å². The molecule has 2 aliphatic rings. The Hall–Kier alpha value is -1.92. The molecule has 2 amide bonds. The number of hydrogen-bond acceptors (Lipinski definition) is 4. The van der Waals surface area contributed by atoms with E-state index in [1.165, 1.54) is 6.42 Å². The first-order valence-corrected chi connectivity index (χ1v) is 10.4. The van der Waals surface area contributed by atoms with Gasteiger partial charge in [-0.1, -0.05) is 18.2 Å². The standard InChI is InChI=1S/C22H33N3O3/c1-17(23-22(27)19-6-4-3-5-7-19)14-21(26)24(2)20-8-11-25(12-9-20)15-18-10-13-28-16-18/h3-7,17-18,20H,8-16H2,1-2H3,(H,23,27). The summed E-state index contributed by atoms with van der Waals surface area (Å²) in [5, 5.41) is 2.93. The van der Waals surface area contributed by atoms with E-state index in [0.717, 1.165) is 45.7 Å². The second-order valence-corrected chi connectivity index (χ2v) is 8.21. The Balaban J connectivity index is 1.39. The Morgan fingerprint density at radius 1 is 1.21 bits per heavy atom. The van der Waals surface area contributed by atoms with Gasteiger partial charge in [0.1, 0.15) is 0 Å². The van der Waals surface area contributed by atoms with E-state index in [-0.39, 0.29) is 17.9 Å². The first-order chi connectivity index (χ1) is 13.5. The SMILES string of the molecule is CC(CC(=O)N(C)C1CCN(CC2CCOC2)CC1)NC(=O)c1ccccc1. The van der Waals surface area contributed by atoms with Gasteiger partial charge in [-0.15, -0.1) is 0 Å². The lowest BCUT2D eigenvalue weighted by atomic mass is 10.0. The molecule has 0 radical (unpaired) electrons. The third-order valence-electron chi connectivity index (χ3n) is 5.93. The predicted molar refractivity (Wildman–Crippen MR) is 109 cm³/mol. The first kappa shape index (κ1) is 20.8. The van der Waals surface area contributed by atoms with Crippen LogP contribution in [0.5, 0.6) is 0 Å². The fourth-order valence-corrected chi connectivity index (χ4v) is 4.14. The van der Waals surface area contributed by atoms with Crippen LogP contribution in [0.1, 0.15) is 43.0 Å². The van der Waals surface area contributed by atoms with E-state index in [2.05, 4.69) is 10.2 Å². The molecule has 2 aliphatic heterocycles. The summed E-state index contributed by atoms with van der Waals surface area (Å²) in [6.07, 6.45) is 3.53. The van der Waals surface area contributed by atoms with Gasteiger partial charge in [-0.2, -0.15) is 0 Å². The van der Waals surface area contributed by atoms with Crippen LogP contribution in [-0.2, 0) is 9.53 Å². The summed E-state index contributed by atoms with van der Waals surface area (Å²) in [7, 11) is 1.90. The minimum atomic E-state index is -0.190. The molecule has 6 nitrogen and oxygen atoms in total. The molecule has 2 heterocycles. The molecule has 0 spiro atoms. The molecular weight excluding hydrogens is 354 g/mol. The van der Waals surface area contributed by atoms with Crippen molar-refractivity contribution in [3.05, 3.63) is 35.9 Å². The maximum Gasteiger partial charge on any atom is 0.251 e. The van der Waals surface area contributed by atoms with Crippen molar-refractivity contribution in [1.82, 2.24) is 15.1 Å². The Kier molecular flexibility index (Phi) is 7.45. The average molecular weight is 388 g/mol. The molecule has 154 valence electrons. The van der Waals surface area contributed by atoms with Crippen molar-refractivity contribution in [2.24, 2.45) is 5.92 Å². The molecule has 0 aromatic heterocycles. The topological polar surface area (TPSA) is 61.9 Å². The highest BCUT2D eigenvalue weighted by Gasteiger charge is 2.28. The molecule has 0 bridgehead atoms. The van der Waals surface area contributed by atoms with Crippen molar-refractivity contribution in [3.63, 3.8) is 0 Å². The van der Waals surface area contributed by atoms with Crippen LogP contribution in [0, 0.1) is 5.92 Å². The van der Waals surface area contributed by atoms with Gasteiger partial charge in [-0.05, 0) is 44.2 Å². The van der Waals surface area contributed by atoms with Crippen LogP contribution in [0.25, 0.3) is 0 Å². The Morgan fingerprint density at radius 3 is 2.57 bits per heavy atom. The molecule has 0 aliphatic carbocycles. The first-order valence-electron chi connectivity index (χ1n) is 10.4. The fraction of sp³-hybridized carbons (Fsp3) is 0.636. The zero-order valence-electron chi connectivity index (χ0n) is 17.1. The number of amides is 2. The summed E-state index contributed by atoms with van der Waals surface area (Å²) < 4.78 is 5.47. The van der Waals surface area contributed by atoms with Gasteiger partial charge < -0.3 is 19.9 Å². The number of carbonyl (C=O) groups excluding carboxylic acids is 2. The molecule has 1 aromatic rings. The number of ether oxygens (including phenoxy) is 1. The van der Waals surface area contributed by atoms with Crippen molar-refractivity contribution in [3.8, 4) is 0 Å². The molecule has 2 saturated heterocycles. The molecule has 2 unspecified atom stereocenters. The third kappa shape index (κ3) is 5.79. The van der Waals surface area contributed by atoms with Crippen molar-refractivity contribution in [2.45, 2.75) is 44.7 Å². The zero-order chi connectivity index (χ0) is 19.9. The largest absolute Gasteiger partial charge is 0.381 e. The highest BCUT2D eigenvalue weighted by molar-refractivity contribution is 5.94. The lowest BCUT2D eigenvalue weighted by Crippen LogP contribution is -2.48. The smallest absolute Gasteiger partial charge is 0.251 e. The second kappa shape index (κ2) is 10.0. The predicted octanol–water partition coefficient (Wildman–Crippen LogP) is 2.15. The number of piperidine rings is 1. The lowest BCUT2D eigenvalue weighted by molar-refractivity contribution is -0.133. The maximum atomic E-state index is 12.7. The van der Waals surface area contributed by atoms with Crippen LogP contribution in [-0.4, -0.2) is 73.6 Å². The van der Waals surface area contributed by atoms with Gasteiger partial charge in [-0.3, -0.25) is 9.59 Å². The molecule has 2 fully saturated rings. The number of carbonyl (C=O) groups is 2. The van der Waals surface area contributed by atoms with Crippen molar-refractivity contribution in [2.75, 3.05) is 39.9 Å². The summed E-state index contributed by atoms with van der Waals surface area (Å²) in [5.74, 6) is 0.640. The molecule has 1 N–H and O–H groups in total. The van der Waals surface area contributed by atoms with Crippen LogP contribution in [0.4, 0.5) is 0 Å². The van der Waals surface area contributed by atoms with Crippen LogP contribution in [0.2, 0.25) is 0 Å². The van der Waals surface area contributed by atoms with E-state index in [9.17, 15) is 9.59 Å². The molecule has 6 heteroatoms. The van der Waals surface area contributed by atoms with E-state index in [0.29, 0.717) is 23.9 Å². The fourth-order valence-electron chi connectivity index (χ4n) is 4.14. The van der Waals surface area contributed by atoms with Gasteiger partial charge in [0.2, 0.25) is 5.91 Å². The molecule has 2 atom stereocenters. The summed E-state index contributed by atoms with van der Waals surface area (Å²) in [4.78, 5) is 29.3. The van der Waals surface area contributed by atoms with E-state index in [1.807, 2.05) is 37.1 Å². The summed E-state index contributed by atoms with van der Waals surface area (Å²) in [6.45, 7) is 6.88. The number of rotatable bonds is 7. The van der Waals surface area contributed by atoms with Crippen LogP contribution < -0.4 is 5.32 Å². The van der Waals surface area contributed by atoms with E-state index in [1.54, 1.807) is 12.1 Å². The highest BCUT2D eigenvalue weighted by Crippen LogP contribution is 2.20. The van der Waals surface area contributed by atoms with Gasteiger partial charge in [0, 0.05) is 57.4 Å². The van der Waals surface area contributed by atoms with E-state index >= 15 is 0 Å². The van der Waals surface area contributed by atoms with Crippen LogP contribution in [0.15, 0.2) is 30.3 Å². The van der Waals surface area contributed by atoms with Crippen molar-refractivity contribution in [1.29, 1.82) is 0 Å². The van der Waals surface area contributed by atoms with Gasteiger partial charge in [0.05, 0.1) is 6.61 Å². The number of hydrogen-bond donors (Lipinski definition) is 1. The molecule has 28 heavy (non-hydrogen) atoms. The van der Waals surface area contributed by atoms with Gasteiger partial charge in [0.25, 0.3) is 5.91 Å². The minimum absolute atomic E-state index is 0.100. The van der Waals surface area contributed by atoms with E-state index in [4.69, 9.17) is 4.74 Å². The summed E-state index contributed by atoms with van der Waals surface area (Å²) >= 11 is 0. The van der Waals surface area contributed by atoms with E-state index < -0.39 is 0 Å². The zero-order valence-corrected chi connectivity index (χ0v) is 17.1. The monoisotopic (exact) mass is 387 g/mol. The number of nitrogens with zero attached hydrogens (tertiary/aromatic N) is 2. The Morgan fingerprint density at radius 2 is 1.93 bits per heavy atom. The molecular formula is C22H33N3O3. The second-order valence-electron chi connectivity index (χ2n) is 8.21. The van der Waals surface area contributed by atoms with Gasteiger partial charge in [-0.25, -0.2) is 0 Å². The summed E-state index contributed by atoms with van der Waals surface area (Å²) in [6, 6.07) is 9.22. The highest BCUT2D eigenvalue weighted by atomic mass is 16.5. The normalized spacial score (nSPS) is 22.0. The molecule has 1 aromatic carbocycles. The number of likely N-dealkylation sites (tertiary alicyclic amines) is 1. The van der Waals surface area contributed by atoms with Crippen LogP contribution in [0.3, 0.4) is 0 Å². The Labute approximate surface area is 168 Å². The number of benzene rings is 1. The van der Waals surface area contributed by atoms with Crippen molar-refractivity contribution >= 4 is 11.8 Å². The average Bonchev–Trinajstić information content (AvgIpc) is 3.21. The number of nitrogens with one attached hydrogen (secondary N) is 1. The quantitative estimate of drug-likeness (QED) is 0.779. The van der Waals surface area contributed by atoms with Gasteiger partial charge in [0.15, 0.2) is 0 Å².